The van der Waals surface area contributed by atoms with E-state index in [2.05, 4.69) is 34.2 Å². The minimum atomic E-state index is 0.505. The summed E-state index contributed by atoms with van der Waals surface area (Å²) < 4.78 is 0.869. The van der Waals surface area contributed by atoms with Crippen molar-refractivity contribution in [3.8, 4) is 6.07 Å². The Hall–Kier alpha value is -1.01. The lowest BCUT2D eigenvalue weighted by Crippen LogP contribution is -2.30. The molecule has 2 atom stereocenters. The molecule has 1 N–H and O–H groups in total. The van der Waals surface area contributed by atoms with E-state index in [0.29, 0.717) is 17.5 Å². The second-order valence-corrected chi connectivity index (χ2v) is 5.64. The van der Waals surface area contributed by atoms with Crippen LogP contribution < -0.4 is 5.32 Å². The first-order chi connectivity index (χ1) is 8.22. The average Bonchev–Trinajstić information content (AvgIpc) is 2.32. The van der Waals surface area contributed by atoms with Gasteiger partial charge in [-0.2, -0.15) is 5.26 Å². The number of anilines is 1. The fraction of sp³-hybridized carbons (Fsp3) is 0.500. The van der Waals surface area contributed by atoms with E-state index < -0.39 is 0 Å². The Balaban J connectivity index is 2.18. The van der Waals surface area contributed by atoms with Gasteiger partial charge < -0.3 is 5.32 Å². The first kappa shape index (κ1) is 12.4. The largest absolute Gasteiger partial charge is 0.381 e. The summed E-state index contributed by atoms with van der Waals surface area (Å²) in [6, 6.07) is 8.64. The Bertz CT molecular complexity index is 436. The van der Waals surface area contributed by atoms with Gasteiger partial charge in [-0.05, 0) is 46.8 Å². The third kappa shape index (κ3) is 2.81. The third-order valence-electron chi connectivity index (χ3n) is 3.58. The van der Waals surface area contributed by atoms with Crippen LogP contribution in [0.5, 0.6) is 0 Å². The molecule has 2 nitrogen and oxygen atoms in total. The molecule has 2 unspecified atom stereocenters. The van der Waals surface area contributed by atoms with Gasteiger partial charge in [-0.25, -0.2) is 0 Å². The molecule has 90 valence electrons. The van der Waals surface area contributed by atoms with Crippen LogP contribution in [0.3, 0.4) is 0 Å². The van der Waals surface area contributed by atoms with Crippen LogP contribution in [0.1, 0.15) is 38.2 Å². The van der Waals surface area contributed by atoms with Crippen molar-refractivity contribution in [2.45, 2.75) is 38.6 Å². The lowest BCUT2D eigenvalue weighted by atomic mass is 9.85. The smallest absolute Gasteiger partial charge is 0.103 e. The molecule has 0 heterocycles. The number of nitriles is 1. The molecule has 1 aliphatic carbocycles. The summed E-state index contributed by atoms with van der Waals surface area (Å²) >= 11 is 3.42. The van der Waals surface area contributed by atoms with Crippen LogP contribution in [0, 0.1) is 17.2 Å². The summed E-state index contributed by atoms with van der Waals surface area (Å²) in [5, 5.41) is 12.7. The Labute approximate surface area is 111 Å². The summed E-state index contributed by atoms with van der Waals surface area (Å²) in [7, 11) is 0. The van der Waals surface area contributed by atoms with Crippen LogP contribution >= 0.6 is 15.9 Å². The van der Waals surface area contributed by atoms with Crippen molar-refractivity contribution in [2.24, 2.45) is 5.92 Å². The van der Waals surface area contributed by atoms with E-state index in [1.54, 1.807) is 0 Å². The van der Waals surface area contributed by atoms with Crippen molar-refractivity contribution in [3.63, 3.8) is 0 Å². The maximum absolute atomic E-state index is 9.17. The molecule has 0 aromatic heterocycles. The number of benzene rings is 1. The average molecular weight is 293 g/mol. The maximum Gasteiger partial charge on any atom is 0.103 e. The van der Waals surface area contributed by atoms with E-state index in [-0.39, 0.29) is 0 Å². The number of rotatable bonds is 2. The van der Waals surface area contributed by atoms with Crippen LogP contribution in [0.25, 0.3) is 0 Å². The van der Waals surface area contributed by atoms with Gasteiger partial charge in [-0.15, -0.1) is 0 Å². The summed E-state index contributed by atoms with van der Waals surface area (Å²) in [6.45, 7) is 2.29. The standard InChI is InChI=1S/C14H17BrN2/c1-10-5-2-3-7-13(10)17-14-8-4-6-12(15)11(14)9-16/h4,6,8,10,13,17H,2-3,5,7H2,1H3. The normalized spacial score (nSPS) is 24.1. The van der Waals surface area contributed by atoms with Crippen LogP contribution in [0.2, 0.25) is 0 Å². The first-order valence-electron chi connectivity index (χ1n) is 6.17. The van der Waals surface area contributed by atoms with Gasteiger partial charge >= 0.3 is 0 Å². The molecule has 1 aromatic carbocycles. The van der Waals surface area contributed by atoms with Crippen molar-refractivity contribution in [2.75, 3.05) is 5.32 Å². The van der Waals surface area contributed by atoms with Crippen LogP contribution in [0.15, 0.2) is 22.7 Å². The predicted molar refractivity (Wildman–Crippen MR) is 73.9 cm³/mol. The van der Waals surface area contributed by atoms with E-state index in [1.807, 2.05) is 18.2 Å². The number of hydrogen-bond acceptors (Lipinski definition) is 2. The minimum absolute atomic E-state index is 0.505. The Morgan fingerprint density at radius 1 is 1.35 bits per heavy atom. The van der Waals surface area contributed by atoms with E-state index in [4.69, 9.17) is 0 Å². The molecule has 0 aliphatic heterocycles. The molecule has 17 heavy (non-hydrogen) atoms. The Kier molecular flexibility index (Phi) is 4.06. The quantitative estimate of drug-likeness (QED) is 0.882. The Morgan fingerprint density at radius 2 is 2.12 bits per heavy atom. The Morgan fingerprint density at radius 3 is 2.82 bits per heavy atom. The van der Waals surface area contributed by atoms with Gasteiger partial charge in [0.05, 0.1) is 11.3 Å². The van der Waals surface area contributed by atoms with Crippen LogP contribution in [-0.2, 0) is 0 Å². The number of nitrogens with zero attached hydrogens (tertiary/aromatic N) is 1. The van der Waals surface area contributed by atoms with Crippen molar-refractivity contribution in [1.29, 1.82) is 5.26 Å². The number of hydrogen-bond donors (Lipinski definition) is 1. The topological polar surface area (TPSA) is 35.8 Å². The fourth-order valence-corrected chi connectivity index (χ4v) is 2.94. The predicted octanol–water partition coefficient (Wildman–Crippen LogP) is 4.31. The number of nitrogens with one attached hydrogen (secondary N) is 1. The van der Waals surface area contributed by atoms with E-state index in [1.165, 1.54) is 25.7 Å². The van der Waals surface area contributed by atoms with Gasteiger partial charge in [-0.3, -0.25) is 0 Å². The lowest BCUT2D eigenvalue weighted by molar-refractivity contribution is 0.349. The van der Waals surface area contributed by atoms with Crippen LogP contribution in [-0.4, -0.2) is 6.04 Å². The zero-order valence-corrected chi connectivity index (χ0v) is 11.6. The highest BCUT2D eigenvalue weighted by Crippen LogP contribution is 2.30. The summed E-state index contributed by atoms with van der Waals surface area (Å²) in [4.78, 5) is 0. The molecule has 1 aliphatic rings. The lowest BCUT2D eigenvalue weighted by Gasteiger charge is -2.30. The molecule has 1 saturated carbocycles. The fourth-order valence-electron chi connectivity index (χ4n) is 2.49. The molecule has 3 heteroatoms. The second-order valence-electron chi connectivity index (χ2n) is 4.79. The van der Waals surface area contributed by atoms with Crippen molar-refractivity contribution >= 4 is 21.6 Å². The molecular formula is C14H17BrN2. The minimum Gasteiger partial charge on any atom is -0.381 e. The monoisotopic (exact) mass is 292 g/mol. The molecule has 1 aromatic rings. The van der Waals surface area contributed by atoms with Gasteiger partial charge in [0.25, 0.3) is 0 Å². The molecule has 0 spiro atoms. The SMILES string of the molecule is CC1CCCCC1Nc1cccc(Br)c1C#N. The van der Waals surface area contributed by atoms with Gasteiger partial charge in [0.15, 0.2) is 0 Å². The van der Waals surface area contributed by atoms with E-state index in [0.717, 1.165) is 10.2 Å². The van der Waals surface area contributed by atoms with Crippen molar-refractivity contribution in [1.82, 2.24) is 0 Å². The van der Waals surface area contributed by atoms with Gasteiger partial charge in [-0.1, -0.05) is 25.8 Å². The second kappa shape index (κ2) is 5.55. The summed E-state index contributed by atoms with van der Waals surface area (Å²) in [5.41, 5.74) is 1.67. The molecule has 1 fully saturated rings. The molecule has 0 saturated heterocycles. The summed E-state index contributed by atoms with van der Waals surface area (Å²) in [5.74, 6) is 0.689. The van der Waals surface area contributed by atoms with Gasteiger partial charge in [0.1, 0.15) is 6.07 Å². The first-order valence-corrected chi connectivity index (χ1v) is 6.97. The van der Waals surface area contributed by atoms with Crippen molar-refractivity contribution in [3.05, 3.63) is 28.2 Å². The third-order valence-corrected chi connectivity index (χ3v) is 4.24. The zero-order chi connectivity index (χ0) is 12.3. The van der Waals surface area contributed by atoms with E-state index >= 15 is 0 Å². The van der Waals surface area contributed by atoms with Crippen LogP contribution in [0.4, 0.5) is 5.69 Å². The zero-order valence-electron chi connectivity index (χ0n) is 10.0. The molecule has 0 amide bonds. The van der Waals surface area contributed by atoms with Gasteiger partial charge in [0, 0.05) is 10.5 Å². The highest BCUT2D eigenvalue weighted by atomic mass is 79.9. The van der Waals surface area contributed by atoms with E-state index in [9.17, 15) is 5.26 Å². The molecule has 0 radical (unpaired) electrons. The molecule has 2 rings (SSSR count). The highest BCUT2D eigenvalue weighted by molar-refractivity contribution is 9.10. The number of halogens is 1. The molecular weight excluding hydrogens is 276 g/mol. The van der Waals surface area contributed by atoms with Gasteiger partial charge in [0.2, 0.25) is 0 Å². The highest BCUT2D eigenvalue weighted by Gasteiger charge is 2.21. The van der Waals surface area contributed by atoms with Crippen molar-refractivity contribution < 1.29 is 0 Å². The summed E-state index contributed by atoms with van der Waals surface area (Å²) in [6.07, 6.45) is 5.12. The maximum atomic E-state index is 9.17. The molecule has 0 bridgehead atoms.